The molecule has 13 heavy (non-hydrogen) atoms. The summed E-state index contributed by atoms with van der Waals surface area (Å²) in [5.74, 6) is 1.53. The van der Waals surface area contributed by atoms with E-state index in [4.69, 9.17) is 16.3 Å². The lowest BCUT2D eigenvalue weighted by atomic mass is 10.1. The highest BCUT2D eigenvalue weighted by molar-refractivity contribution is 6.21. The van der Waals surface area contributed by atoms with Gasteiger partial charge in [-0.1, -0.05) is 0 Å². The van der Waals surface area contributed by atoms with Gasteiger partial charge in [-0.2, -0.15) is 0 Å². The van der Waals surface area contributed by atoms with Crippen LogP contribution in [0, 0.1) is 11.8 Å². The van der Waals surface area contributed by atoms with Gasteiger partial charge in [-0.3, -0.25) is 0 Å². The SMILES string of the molecule is ClC(CNCC1CCOC1)C1CC1. The van der Waals surface area contributed by atoms with E-state index < -0.39 is 0 Å². The van der Waals surface area contributed by atoms with Crippen LogP contribution in [0.25, 0.3) is 0 Å². The summed E-state index contributed by atoms with van der Waals surface area (Å²) in [5.41, 5.74) is 0. The van der Waals surface area contributed by atoms with E-state index >= 15 is 0 Å². The lowest BCUT2D eigenvalue weighted by molar-refractivity contribution is 0.185. The second-order valence-corrected chi connectivity index (χ2v) is 4.80. The van der Waals surface area contributed by atoms with Crippen molar-refractivity contribution in [3.8, 4) is 0 Å². The van der Waals surface area contributed by atoms with Gasteiger partial charge in [0.15, 0.2) is 0 Å². The molecular weight excluding hydrogens is 186 g/mol. The zero-order chi connectivity index (χ0) is 9.10. The first-order chi connectivity index (χ1) is 6.36. The Hall–Kier alpha value is 0.210. The first kappa shape index (κ1) is 9.75. The van der Waals surface area contributed by atoms with E-state index in [1.54, 1.807) is 0 Å². The highest BCUT2D eigenvalue weighted by atomic mass is 35.5. The number of halogens is 1. The highest BCUT2D eigenvalue weighted by Gasteiger charge is 2.29. The molecule has 1 aliphatic carbocycles. The molecule has 76 valence electrons. The maximum absolute atomic E-state index is 6.17. The van der Waals surface area contributed by atoms with Crippen LogP contribution in [0.2, 0.25) is 0 Å². The second-order valence-electron chi connectivity index (χ2n) is 4.24. The topological polar surface area (TPSA) is 21.3 Å². The number of hydrogen-bond donors (Lipinski definition) is 1. The Balaban J connectivity index is 1.52. The molecule has 0 amide bonds. The summed E-state index contributed by atoms with van der Waals surface area (Å²) < 4.78 is 5.30. The molecule has 2 atom stereocenters. The van der Waals surface area contributed by atoms with Crippen molar-refractivity contribution in [2.45, 2.75) is 24.6 Å². The van der Waals surface area contributed by atoms with E-state index in [1.165, 1.54) is 19.3 Å². The van der Waals surface area contributed by atoms with Gasteiger partial charge in [0.2, 0.25) is 0 Å². The predicted octanol–water partition coefficient (Wildman–Crippen LogP) is 1.63. The third kappa shape index (κ3) is 3.12. The molecule has 1 heterocycles. The van der Waals surface area contributed by atoms with E-state index in [0.29, 0.717) is 5.38 Å². The summed E-state index contributed by atoms with van der Waals surface area (Å²) in [6.45, 7) is 3.93. The number of hydrogen-bond acceptors (Lipinski definition) is 2. The lowest BCUT2D eigenvalue weighted by Crippen LogP contribution is -2.29. The fraction of sp³-hybridized carbons (Fsp3) is 1.00. The molecule has 3 heteroatoms. The fourth-order valence-electron chi connectivity index (χ4n) is 1.79. The number of alkyl halides is 1. The van der Waals surface area contributed by atoms with Gasteiger partial charge < -0.3 is 10.1 Å². The molecule has 1 saturated heterocycles. The molecule has 0 aromatic rings. The van der Waals surface area contributed by atoms with Crippen molar-refractivity contribution in [3.05, 3.63) is 0 Å². The van der Waals surface area contributed by atoms with Crippen molar-refractivity contribution in [3.63, 3.8) is 0 Å². The Morgan fingerprint density at radius 3 is 2.85 bits per heavy atom. The van der Waals surface area contributed by atoms with E-state index in [9.17, 15) is 0 Å². The molecule has 2 fully saturated rings. The Morgan fingerprint density at radius 2 is 2.23 bits per heavy atom. The molecule has 2 aliphatic rings. The Kier molecular flexibility index (Phi) is 3.47. The van der Waals surface area contributed by atoms with Crippen LogP contribution in [0.1, 0.15) is 19.3 Å². The molecule has 0 aromatic heterocycles. The zero-order valence-electron chi connectivity index (χ0n) is 7.97. The third-order valence-electron chi connectivity index (χ3n) is 2.93. The Labute approximate surface area is 85.0 Å². The Morgan fingerprint density at radius 1 is 1.38 bits per heavy atom. The number of ether oxygens (including phenoxy) is 1. The van der Waals surface area contributed by atoms with Gasteiger partial charge in [0, 0.05) is 25.1 Å². The van der Waals surface area contributed by atoms with Crippen LogP contribution in [-0.2, 0) is 4.74 Å². The summed E-state index contributed by atoms with van der Waals surface area (Å²) in [7, 11) is 0. The summed E-state index contributed by atoms with van der Waals surface area (Å²) in [5, 5.41) is 3.80. The van der Waals surface area contributed by atoms with Crippen LogP contribution in [0.15, 0.2) is 0 Å². The predicted molar refractivity (Wildman–Crippen MR) is 54.2 cm³/mol. The molecule has 0 spiro atoms. The first-order valence-corrected chi connectivity index (χ1v) is 5.72. The zero-order valence-corrected chi connectivity index (χ0v) is 8.72. The van der Waals surface area contributed by atoms with Gasteiger partial charge in [0.25, 0.3) is 0 Å². The highest BCUT2D eigenvalue weighted by Crippen LogP contribution is 2.35. The lowest BCUT2D eigenvalue weighted by Gasteiger charge is -2.12. The minimum atomic E-state index is 0.363. The van der Waals surface area contributed by atoms with Crippen molar-refractivity contribution in [2.24, 2.45) is 11.8 Å². The minimum absolute atomic E-state index is 0.363. The molecule has 1 saturated carbocycles. The summed E-state index contributed by atoms with van der Waals surface area (Å²) >= 11 is 6.17. The monoisotopic (exact) mass is 203 g/mol. The molecule has 2 unspecified atom stereocenters. The maximum Gasteiger partial charge on any atom is 0.0507 e. The smallest absolute Gasteiger partial charge is 0.0507 e. The van der Waals surface area contributed by atoms with Crippen LogP contribution in [0.4, 0.5) is 0 Å². The van der Waals surface area contributed by atoms with Crippen LogP contribution in [0.3, 0.4) is 0 Å². The molecule has 1 aliphatic heterocycles. The summed E-state index contributed by atoms with van der Waals surface area (Å²) in [4.78, 5) is 0. The average Bonchev–Trinajstić information content (AvgIpc) is 2.86. The minimum Gasteiger partial charge on any atom is -0.381 e. The van der Waals surface area contributed by atoms with Gasteiger partial charge in [0.05, 0.1) is 6.61 Å². The normalized spacial score (nSPS) is 30.7. The fourth-order valence-corrected chi connectivity index (χ4v) is 2.16. The Bertz CT molecular complexity index is 153. The van der Waals surface area contributed by atoms with Gasteiger partial charge in [0.1, 0.15) is 0 Å². The molecule has 0 aromatic carbocycles. The van der Waals surface area contributed by atoms with Crippen LogP contribution < -0.4 is 5.32 Å². The van der Waals surface area contributed by atoms with Gasteiger partial charge in [-0.05, 0) is 31.1 Å². The maximum atomic E-state index is 6.17. The number of nitrogens with one attached hydrogen (secondary N) is 1. The van der Waals surface area contributed by atoms with Crippen molar-refractivity contribution in [1.29, 1.82) is 0 Å². The van der Waals surface area contributed by atoms with E-state index in [1.807, 2.05) is 0 Å². The molecule has 0 radical (unpaired) electrons. The quantitative estimate of drug-likeness (QED) is 0.686. The van der Waals surface area contributed by atoms with Crippen molar-refractivity contribution in [1.82, 2.24) is 5.32 Å². The average molecular weight is 204 g/mol. The molecule has 2 nitrogen and oxygen atoms in total. The van der Waals surface area contributed by atoms with Crippen LogP contribution in [0.5, 0.6) is 0 Å². The second kappa shape index (κ2) is 4.63. The standard InChI is InChI=1S/C10H18ClNO/c11-10(9-1-2-9)6-12-5-8-3-4-13-7-8/h8-10,12H,1-7H2. The molecule has 2 rings (SSSR count). The van der Waals surface area contributed by atoms with E-state index in [2.05, 4.69) is 5.32 Å². The van der Waals surface area contributed by atoms with E-state index in [0.717, 1.165) is 38.1 Å². The van der Waals surface area contributed by atoms with Gasteiger partial charge >= 0.3 is 0 Å². The summed E-state index contributed by atoms with van der Waals surface area (Å²) in [6.07, 6.45) is 3.88. The van der Waals surface area contributed by atoms with Crippen molar-refractivity contribution < 1.29 is 4.74 Å². The van der Waals surface area contributed by atoms with Crippen LogP contribution >= 0.6 is 11.6 Å². The van der Waals surface area contributed by atoms with Crippen LogP contribution in [-0.4, -0.2) is 31.7 Å². The summed E-state index contributed by atoms with van der Waals surface area (Å²) in [6, 6.07) is 0. The van der Waals surface area contributed by atoms with E-state index in [-0.39, 0.29) is 0 Å². The van der Waals surface area contributed by atoms with Crippen molar-refractivity contribution in [2.75, 3.05) is 26.3 Å². The van der Waals surface area contributed by atoms with Crippen molar-refractivity contribution >= 4 is 11.6 Å². The molecular formula is C10H18ClNO. The molecule has 0 bridgehead atoms. The third-order valence-corrected chi connectivity index (χ3v) is 3.44. The van der Waals surface area contributed by atoms with Gasteiger partial charge in [-0.25, -0.2) is 0 Å². The number of rotatable bonds is 5. The molecule has 1 N–H and O–H groups in total. The first-order valence-electron chi connectivity index (χ1n) is 5.29. The largest absolute Gasteiger partial charge is 0.381 e. The van der Waals surface area contributed by atoms with Gasteiger partial charge in [-0.15, -0.1) is 11.6 Å².